The Labute approximate surface area is 88.1 Å². The summed E-state index contributed by atoms with van der Waals surface area (Å²) in [6.45, 7) is 7.33. The SMILES string of the molecule is CC1CCC(CNC(C)C(C)O)CC1. The van der Waals surface area contributed by atoms with Crippen molar-refractivity contribution in [2.45, 2.75) is 58.6 Å². The van der Waals surface area contributed by atoms with Gasteiger partial charge in [0.25, 0.3) is 0 Å². The molecule has 2 nitrogen and oxygen atoms in total. The highest BCUT2D eigenvalue weighted by Gasteiger charge is 2.19. The molecule has 0 aromatic heterocycles. The van der Waals surface area contributed by atoms with Crippen LogP contribution in [0.4, 0.5) is 0 Å². The van der Waals surface area contributed by atoms with Crippen LogP contribution in [0.25, 0.3) is 0 Å². The quantitative estimate of drug-likeness (QED) is 0.727. The van der Waals surface area contributed by atoms with Gasteiger partial charge >= 0.3 is 0 Å². The van der Waals surface area contributed by atoms with Crippen LogP contribution < -0.4 is 5.32 Å². The van der Waals surface area contributed by atoms with E-state index in [-0.39, 0.29) is 12.1 Å². The maximum absolute atomic E-state index is 9.33. The van der Waals surface area contributed by atoms with Gasteiger partial charge in [0.1, 0.15) is 0 Å². The third-order valence-electron chi connectivity index (χ3n) is 3.59. The van der Waals surface area contributed by atoms with Crippen molar-refractivity contribution in [2.75, 3.05) is 6.54 Å². The first-order valence-electron chi connectivity index (χ1n) is 6.01. The van der Waals surface area contributed by atoms with Crippen molar-refractivity contribution in [1.82, 2.24) is 5.32 Å². The molecule has 1 saturated carbocycles. The molecule has 0 bridgehead atoms. The Morgan fingerprint density at radius 2 is 1.79 bits per heavy atom. The van der Waals surface area contributed by atoms with Crippen LogP contribution in [-0.4, -0.2) is 23.8 Å². The highest BCUT2D eigenvalue weighted by Crippen LogP contribution is 2.27. The Bertz CT molecular complexity index is 150. The maximum atomic E-state index is 9.33. The van der Waals surface area contributed by atoms with E-state index in [1.807, 2.05) is 6.92 Å². The highest BCUT2D eigenvalue weighted by molar-refractivity contribution is 4.74. The van der Waals surface area contributed by atoms with E-state index >= 15 is 0 Å². The lowest BCUT2D eigenvalue weighted by atomic mass is 9.83. The topological polar surface area (TPSA) is 32.3 Å². The van der Waals surface area contributed by atoms with Gasteiger partial charge in [0, 0.05) is 6.04 Å². The molecule has 0 spiro atoms. The minimum Gasteiger partial charge on any atom is -0.392 e. The van der Waals surface area contributed by atoms with Crippen molar-refractivity contribution in [2.24, 2.45) is 11.8 Å². The summed E-state index contributed by atoms with van der Waals surface area (Å²) in [6, 6.07) is 0.231. The zero-order chi connectivity index (χ0) is 10.6. The molecule has 0 heterocycles. The number of hydrogen-bond acceptors (Lipinski definition) is 2. The van der Waals surface area contributed by atoms with Crippen LogP contribution in [0, 0.1) is 11.8 Å². The first kappa shape index (κ1) is 12.0. The van der Waals surface area contributed by atoms with Crippen LogP contribution in [0.2, 0.25) is 0 Å². The Hall–Kier alpha value is -0.0800. The molecule has 1 rings (SSSR count). The minimum absolute atomic E-state index is 0.231. The first-order valence-corrected chi connectivity index (χ1v) is 6.01. The molecule has 0 saturated heterocycles. The zero-order valence-corrected chi connectivity index (χ0v) is 9.79. The first-order chi connectivity index (χ1) is 6.59. The molecule has 1 aliphatic carbocycles. The number of hydrogen-bond donors (Lipinski definition) is 2. The smallest absolute Gasteiger partial charge is 0.0662 e. The lowest BCUT2D eigenvalue weighted by Gasteiger charge is -2.28. The molecular formula is C12H25NO. The van der Waals surface area contributed by atoms with E-state index in [4.69, 9.17) is 0 Å². The van der Waals surface area contributed by atoms with Crippen molar-refractivity contribution < 1.29 is 5.11 Å². The molecule has 0 aliphatic heterocycles. The average molecular weight is 199 g/mol. The molecule has 0 amide bonds. The lowest BCUT2D eigenvalue weighted by Crippen LogP contribution is -2.39. The molecule has 2 unspecified atom stereocenters. The Balaban J connectivity index is 2.13. The van der Waals surface area contributed by atoms with Crippen LogP contribution >= 0.6 is 0 Å². The molecular weight excluding hydrogens is 174 g/mol. The van der Waals surface area contributed by atoms with E-state index < -0.39 is 0 Å². The van der Waals surface area contributed by atoms with E-state index in [0.29, 0.717) is 0 Å². The molecule has 14 heavy (non-hydrogen) atoms. The van der Waals surface area contributed by atoms with E-state index in [0.717, 1.165) is 18.4 Å². The van der Waals surface area contributed by atoms with Crippen LogP contribution in [0.3, 0.4) is 0 Å². The van der Waals surface area contributed by atoms with Gasteiger partial charge in [-0.15, -0.1) is 0 Å². The predicted molar refractivity (Wildman–Crippen MR) is 60.3 cm³/mol. The second kappa shape index (κ2) is 5.72. The van der Waals surface area contributed by atoms with Gasteiger partial charge in [-0.1, -0.05) is 19.8 Å². The van der Waals surface area contributed by atoms with E-state index in [2.05, 4.69) is 19.2 Å². The van der Waals surface area contributed by atoms with E-state index in [1.165, 1.54) is 25.7 Å². The fourth-order valence-electron chi connectivity index (χ4n) is 2.06. The molecule has 2 heteroatoms. The number of aliphatic hydroxyl groups excluding tert-OH is 1. The maximum Gasteiger partial charge on any atom is 0.0662 e. The Morgan fingerprint density at radius 3 is 2.29 bits per heavy atom. The second-order valence-corrected chi connectivity index (χ2v) is 5.06. The summed E-state index contributed by atoms with van der Waals surface area (Å²) in [6.07, 6.45) is 5.25. The molecule has 0 radical (unpaired) electrons. The summed E-state index contributed by atoms with van der Waals surface area (Å²) in [5.41, 5.74) is 0. The van der Waals surface area contributed by atoms with Crippen LogP contribution in [0.15, 0.2) is 0 Å². The van der Waals surface area contributed by atoms with E-state index in [1.54, 1.807) is 0 Å². The fraction of sp³-hybridized carbons (Fsp3) is 1.00. The highest BCUT2D eigenvalue weighted by atomic mass is 16.3. The molecule has 1 fully saturated rings. The molecule has 2 atom stereocenters. The van der Waals surface area contributed by atoms with Crippen LogP contribution in [0.1, 0.15) is 46.5 Å². The molecule has 0 aromatic rings. The van der Waals surface area contributed by atoms with Crippen LogP contribution in [-0.2, 0) is 0 Å². The van der Waals surface area contributed by atoms with Gasteiger partial charge in [-0.05, 0) is 45.1 Å². The van der Waals surface area contributed by atoms with Crippen molar-refractivity contribution in [3.8, 4) is 0 Å². The third-order valence-corrected chi connectivity index (χ3v) is 3.59. The van der Waals surface area contributed by atoms with Crippen molar-refractivity contribution in [1.29, 1.82) is 0 Å². The minimum atomic E-state index is -0.238. The van der Waals surface area contributed by atoms with Gasteiger partial charge in [0.15, 0.2) is 0 Å². The third kappa shape index (κ3) is 3.97. The Kier molecular flexibility index (Phi) is 4.90. The second-order valence-electron chi connectivity index (χ2n) is 5.06. The van der Waals surface area contributed by atoms with Gasteiger partial charge in [-0.25, -0.2) is 0 Å². The Morgan fingerprint density at radius 1 is 1.21 bits per heavy atom. The summed E-state index contributed by atoms with van der Waals surface area (Å²) in [7, 11) is 0. The van der Waals surface area contributed by atoms with Crippen molar-refractivity contribution >= 4 is 0 Å². The number of aliphatic hydroxyl groups is 1. The molecule has 2 N–H and O–H groups in total. The van der Waals surface area contributed by atoms with Gasteiger partial charge in [-0.2, -0.15) is 0 Å². The summed E-state index contributed by atoms with van der Waals surface area (Å²) in [5, 5.41) is 12.7. The molecule has 1 aliphatic rings. The summed E-state index contributed by atoms with van der Waals surface area (Å²) in [4.78, 5) is 0. The summed E-state index contributed by atoms with van der Waals surface area (Å²) in [5.74, 6) is 1.77. The van der Waals surface area contributed by atoms with Gasteiger partial charge in [-0.3, -0.25) is 0 Å². The standard InChI is InChI=1S/C12H25NO/c1-9-4-6-12(7-5-9)8-13-10(2)11(3)14/h9-14H,4-8H2,1-3H3. The van der Waals surface area contributed by atoms with E-state index in [9.17, 15) is 5.11 Å². The molecule has 84 valence electrons. The van der Waals surface area contributed by atoms with Gasteiger partial charge in [0.2, 0.25) is 0 Å². The largest absolute Gasteiger partial charge is 0.392 e. The van der Waals surface area contributed by atoms with Crippen molar-refractivity contribution in [3.63, 3.8) is 0 Å². The van der Waals surface area contributed by atoms with Crippen LogP contribution in [0.5, 0.6) is 0 Å². The lowest BCUT2D eigenvalue weighted by molar-refractivity contribution is 0.146. The van der Waals surface area contributed by atoms with Gasteiger partial charge in [0.05, 0.1) is 6.10 Å². The number of nitrogens with one attached hydrogen (secondary N) is 1. The fourth-order valence-corrected chi connectivity index (χ4v) is 2.06. The summed E-state index contributed by atoms with van der Waals surface area (Å²) >= 11 is 0. The van der Waals surface area contributed by atoms with Gasteiger partial charge < -0.3 is 10.4 Å². The molecule has 0 aromatic carbocycles. The monoisotopic (exact) mass is 199 g/mol. The number of rotatable bonds is 4. The normalized spacial score (nSPS) is 32.6. The predicted octanol–water partition coefficient (Wildman–Crippen LogP) is 2.17. The summed E-state index contributed by atoms with van der Waals surface area (Å²) < 4.78 is 0. The van der Waals surface area contributed by atoms with Crippen molar-refractivity contribution in [3.05, 3.63) is 0 Å². The average Bonchev–Trinajstić information content (AvgIpc) is 2.16. The zero-order valence-electron chi connectivity index (χ0n) is 9.79.